The molecule has 100 valence electrons. The Bertz CT molecular complexity index is 217. The predicted molar refractivity (Wildman–Crippen MR) is 63.9 cm³/mol. The van der Waals surface area contributed by atoms with Crippen molar-refractivity contribution in [1.82, 2.24) is 5.32 Å². The topological polar surface area (TPSA) is 56.8 Å². The van der Waals surface area contributed by atoms with Crippen molar-refractivity contribution in [2.75, 3.05) is 33.5 Å². The lowest BCUT2D eigenvalue weighted by atomic mass is 10.1. The maximum absolute atomic E-state index is 11.4. The Kier molecular flexibility index (Phi) is 7.16. The van der Waals surface area contributed by atoms with Crippen molar-refractivity contribution < 1.29 is 19.0 Å². The molecule has 0 bridgehead atoms. The average molecular weight is 245 g/mol. The second-order valence-electron chi connectivity index (χ2n) is 4.10. The van der Waals surface area contributed by atoms with Gasteiger partial charge >= 0.3 is 5.97 Å². The van der Waals surface area contributed by atoms with E-state index in [1.165, 1.54) is 7.11 Å². The van der Waals surface area contributed by atoms with Crippen LogP contribution in [0.3, 0.4) is 0 Å². The molecule has 0 amide bonds. The maximum atomic E-state index is 11.4. The Labute approximate surface area is 103 Å². The van der Waals surface area contributed by atoms with Gasteiger partial charge in [-0.15, -0.1) is 0 Å². The van der Waals surface area contributed by atoms with Crippen molar-refractivity contribution >= 4 is 5.97 Å². The van der Waals surface area contributed by atoms with E-state index in [1.807, 2.05) is 6.92 Å². The number of hydrogen-bond acceptors (Lipinski definition) is 5. The number of likely N-dealkylation sites (N-methyl/N-ethyl adjacent to an activating group) is 1. The van der Waals surface area contributed by atoms with Crippen LogP contribution in [-0.2, 0) is 19.0 Å². The van der Waals surface area contributed by atoms with Gasteiger partial charge in [0.1, 0.15) is 6.04 Å². The summed E-state index contributed by atoms with van der Waals surface area (Å²) in [4.78, 5) is 11.4. The van der Waals surface area contributed by atoms with Gasteiger partial charge in [0.2, 0.25) is 0 Å². The van der Waals surface area contributed by atoms with Crippen molar-refractivity contribution in [1.29, 1.82) is 0 Å². The van der Waals surface area contributed by atoms with Gasteiger partial charge in [0, 0.05) is 19.8 Å². The molecule has 1 aliphatic rings. The van der Waals surface area contributed by atoms with Crippen LogP contribution in [0.5, 0.6) is 0 Å². The highest BCUT2D eigenvalue weighted by Crippen LogP contribution is 2.11. The zero-order valence-corrected chi connectivity index (χ0v) is 10.7. The van der Waals surface area contributed by atoms with Gasteiger partial charge in [-0.05, 0) is 25.8 Å². The van der Waals surface area contributed by atoms with E-state index < -0.39 is 0 Å². The summed E-state index contributed by atoms with van der Waals surface area (Å²) in [5.41, 5.74) is 0. The monoisotopic (exact) mass is 245 g/mol. The van der Waals surface area contributed by atoms with E-state index in [0.717, 1.165) is 32.6 Å². The number of nitrogens with one attached hydrogen (secondary N) is 1. The van der Waals surface area contributed by atoms with E-state index in [1.54, 1.807) is 0 Å². The number of methoxy groups -OCH3 is 1. The van der Waals surface area contributed by atoms with Crippen molar-refractivity contribution in [2.45, 2.75) is 38.3 Å². The van der Waals surface area contributed by atoms with E-state index in [4.69, 9.17) is 14.2 Å². The van der Waals surface area contributed by atoms with Crippen molar-refractivity contribution in [3.05, 3.63) is 0 Å². The smallest absolute Gasteiger partial charge is 0.322 e. The summed E-state index contributed by atoms with van der Waals surface area (Å²) in [6.07, 6.45) is 2.83. The molecule has 1 rings (SSSR count). The summed E-state index contributed by atoms with van der Waals surface area (Å²) < 4.78 is 15.7. The van der Waals surface area contributed by atoms with Gasteiger partial charge in [0.25, 0.3) is 0 Å². The van der Waals surface area contributed by atoms with Crippen LogP contribution in [0.1, 0.15) is 26.2 Å². The Hall–Kier alpha value is -0.650. The number of ether oxygens (including phenoxy) is 3. The number of carbonyl (C=O) groups is 1. The average Bonchev–Trinajstić information content (AvgIpc) is 2.38. The SMILES string of the molecule is CCNC(CCOC1CCOCC1)C(=O)OC. The van der Waals surface area contributed by atoms with E-state index in [0.29, 0.717) is 13.0 Å². The quantitative estimate of drug-likeness (QED) is 0.670. The Morgan fingerprint density at radius 2 is 2.18 bits per heavy atom. The Morgan fingerprint density at radius 1 is 1.47 bits per heavy atom. The van der Waals surface area contributed by atoms with Crippen molar-refractivity contribution in [3.63, 3.8) is 0 Å². The molecule has 0 aromatic rings. The molecule has 0 radical (unpaired) electrons. The molecule has 1 N–H and O–H groups in total. The van der Waals surface area contributed by atoms with Crippen LogP contribution >= 0.6 is 0 Å². The summed E-state index contributed by atoms with van der Waals surface area (Å²) in [5, 5.41) is 3.09. The van der Waals surface area contributed by atoms with Crippen LogP contribution in [0.2, 0.25) is 0 Å². The normalized spacial score (nSPS) is 18.9. The minimum Gasteiger partial charge on any atom is -0.468 e. The molecule has 1 heterocycles. The third-order valence-electron chi connectivity index (χ3n) is 2.86. The minimum atomic E-state index is -0.259. The first-order chi connectivity index (χ1) is 8.27. The van der Waals surface area contributed by atoms with Crippen LogP contribution in [0.4, 0.5) is 0 Å². The Morgan fingerprint density at radius 3 is 2.76 bits per heavy atom. The molecule has 0 aliphatic carbocycles. The van der Waals surface area contributed by atoms with E-state index in [9.17, 15) is 4.79 Å². The van der Waals surface area contributed by atoms with Crippen LogP contribution < -0.4 is 5.32 Å². The summed E-state index contributed by atoms with van der Waals surface area (Å²) in [5.74, 6) is -0.220. The summed E-state index contributed by atoms with van der Waals surface area (Å²) in [6, 6.07) is -0.259. The van der Waals surface area contributed by atoms with E-state index in [2.05, 4.69) is 5.32 Å². The zero-order chi connectivity index (χ0) is 12.5. The van der Waals surface area contributed by atoms with E-state index >= 15 is 0 Å². The van der Waals surface area contributed by atoms with Crippen molar-refractivity contribution in [2.24, 2.45) is 0 Å². The molecule has 0 saturated carbocycles. The summed E-state index contributed by atoms with van der Waals surface area (Å²) in [7, 11) is 1.41. The van der Waals surface area contributed by atoms with Gasteiger partial charge in [-0.1, -0.05) is 6.92 Å². The molecule has 1 aliphatic heterocycles. The lowest BCUT2D eigenvalue weighted by Crippen LogP contribution is -2.39. The predicted octanol–water partition coefficient (Wildman–Crippen LogP) is 0.723. The first-order valence-electron chi connectivity index (χ1n) is 6.28. The summed E-state index contributed by atoms with van der Waals surface area (Å²) >= 11 is 0. The number of hydrogen-bond donors (Lipinski definition) is 1. The molecule has 1 fully saturated rings. The molecule has 0 spiro atoms. The fourth-order valence-corrected chi connectivity index (χ4v) is 1.89. The van der Waals surface area contributed by atoms with Gasteiger partial charge in [0.05, 0.1) is 13.2 Å². The minimum absolute atomic E-state index is 0.220. The van der Waals surface area contributed by atoms with Crippen LogP contribution in [-0.4, -0.2) is 51.6 Å². The lowest BCUT2D eigenvalue weighted by Gasteiger charge is -2.23. The highest BCUT2D eigenvalue weighted by atomic mass is 16.5. The second-order valence-corrected chi connectivity index (χ2v) is 4.10. The molecular weight excluding hydrogens is 222 g/mol. The van der Waals surface area contributed by atoms with E-state index in [-0.39, 0.29) is 18.1 Å². The molecule has 17 heavy (non-hydrogen) atoms. The third kappa shape index (κ3) is 5.48. The van der Waals surface area contributed by atoms with Gasteiger partial charge in [-0.2, -0.15) is 0 Å². The highest BCUT2D eigenvalue weighted by Gasteiger charge is 2.19. The molecule has 1 saturated heterocycles. The fourth-order valence-electron chi connectivity index (χ4n) is 1.89. The first-order valence-corrected chi connectivity index (χ1v) is 6.28. The van der Waals surface area contributed by atoms with Gasteiger partial charge < -0.3 is 19.5 Å². The molecular formula is C12H23NO4. The second kappa shape index (κ2) is 8.44. The van der Waals surface area contributed by atoms with Gasteiger partial charge in [-0.25, -0.2) is 0 Å². The molecule has 5 heteroatoms. The maximum Gasteiger partial charge on any atom is 0.322 e. The van der Waals surface area contributed by atoms with Crippen LogP contribution in [0.15, 0.2) is 0 Å². The fraction of sp³-hybridized carbons (Fsp3) is 0.917. The molecule has 5 nitrogen and oxygen atoms in total. The summed E-state index contributed by atoms with van der Waals surface area (Å²) in [6.45, 7) is 4.85. The highest BCUT2D eigenvalue weighted by molar-refractivity contribution is 5.75. The van der Waals surface area contributed by atoms with Gasteiger partial charge in [-0.3, -0.25) is 4.79 Å². The first kappa shape index (κ1) is 14.4. The molecule has 0 aromatic carbocycles. The number of carbonyl (C=O) groups excluding carboxylic acids is 1. The molecule has 1 unspecified atom stereocenters. The van der Waals surface area contributed by atoms with Crippen LogP contribution in [0, 0.1) is 0 Å². The number of rotatable bonds is 7. The third-order valence-corrected chi connectivity index (χ3v) is 2.86. The van der Waals surface area contributed by atoms with Gasteiger partial charge in [0.15, 0.2) is 0 Å². The van der Waals surface area contributed by atoms with Crippen molar-refractivity contribution in [3.8, 4) is 0 Å². The van der Waals surface area contributed by atoms with Crippen LogP contribution in [0.25, 0.3) is 0 Å². The zero-order valence-electron chi connectivity index (χ0n) is 10.7. The largest absolute Gasteiger partial charge is 0.468 e. The molecule has 1 atom stereocenters. The number of esters is 1. The standard InChI is InChI=1S/C12H23NO4/c1-3-13-11(12(14)15-2)6-9-17-10-4-7-16-8-5-10/h10-11,13H,3-9H2,1-2H3. The molecule has 0 aromatic heterocycles. The lowest BCUT2D eigenvalue weighted by molar-refractivity contribution is -0.144. The Balaban J connectivity index is 2.18.